The molecule has 132 valence electrons. The summed E-state index contributed by atoms with van der Waals surface area (Å²) in [6, 6.07) is 11.5. The van der Waals surface area contributed by atoms with Crippen LogP contribution >= 0.6 is 23.7 Å². The van der Waals surface area contributed by atoms with Crippen LogP contribution in [0.25, 0.3) is 0 Å². The average molecular weight is 385 g/mol. The fourth-order valence-corrected chi connectivity index (χ4v) is 3.03. The second kappa shape index (κ2) is 8.44. The molecule has 0 spiro atoms. The first-order valence-electron chi connectivity index (χ1n) is 7.12. The van der Waals surface area contributed by atoms with Crippen LogP contribution < -0.4 is 4.72 Å². The van der Waals surface area contributed by atoms with Gasteiger partial charge in [0.05, 0.1) is 11.3 Å². The van der Waals surface area contributed by atoms with Crippen LogP contribution in [-0.2, 0) is 11.0 Å². The zero-order valence-corrected chi connectivity index (χ0v) is 14.7. The van der Waals surface area contributed by atoms with Gasteiger partial charge in [0.2, 0.25) is 0 Å². The van der Waals surface area contributed by atoms with E-state index in [2.05, 4.69) is 4.72 Å². The molecule has 2 rings (SSSR count). The first-order valence-corrected chi connectivity index (χ1v) is 8.92. The molecule has 25 heavy (non-hydrogen) atoms. The third-order valence-electron chi connectivity index (χ3n) is 3.06. The van der Waals surface area contributed by atoms with Crippen molar-refractivity contribution in [3.8, 4) is 0 Å². The van der Waals surface area contributed by atoms with Gasteiger partial charge in [0, 0.05) is 23.1 Å². The Morgan fingerprint density at radius 3 is 2.36 bits per heavy atom. The Morgan fingerprint density at radius 2 is 1.76 bits per heavy atom. The second-order valence-corrected chi connectivity index (χ2v) is 7.04. The van der Waals surface area contributed by atoms with E-state index >= 15 is 0 Å². The molecule has 0 heterocycles. The van der Waals surface area contributed by atoms with Crippen LogP contribution in [0.1, 0.15) is 22.8 Å². The van der Waals surface area contributed by atoms with E-state index in [1.165, 1.54) is 13.0 Å². The lowest BCUT2D eigenvalue weighted by atomic mass is 10.1. The van der Waals surface area contributed by atoms with E-state index in [4.69, 9.17) is 0 Å². The molecule has 0 aromatic heterocycles. The molecule has 0 saturated carbocycles. The van der Waals surface area contributed by atoms with Gasteiger partial charge in [0.25, 0.3) is 0 Å². The van der Waals surface area contributed by atoms with Crippen molar-refractivity contribution in [1.29, 1.82) is 0 Å². The summed E-state index contributed by atoms with van der Waals surface area (Å²) in [5, 5.41) is -0.121. The van der Waals surface area contributed by atoms with Crippen molar-refractivity contribution < 1.29 is 22.8 Å². The number of carbonyl (C=O) groups excluding carboxylic acids is 2. The highest BCUT2D eigenvalue weighted by molar-refractivity contribution is 8.14. The number of hydrogen-bond donors (Lipinski definition) is 1. The molecule has 2 aromatic carbocycles. The highest BCUT2D eigenvalue weighted by Crippen LogP contribution is 2.32. The van der Waals surface area contributed by atoms with Gasteiger partial charge in [-0.05, 0) is 54.4 Å². The van der Waals surface area contributed by atoms with Gasteiger partial charge in [0.1, 0.15) is 0 Å². The number of Topliss-reactive ketones (excluding diaryl/α,β-unsaturated/α-hetero) is 1. The molecule has 0 aliphatic heterocycles. The molecule has 0 saturated heterocycles. The third-order valence-corrected chi connectivity index (χ3v) is 4.70. The molecule has 0 radical (unpaired) electrons. The number of halogens is 3. The highest BCUT2D eigenvalue weighted by atomic mass is 32.2. The number of hydrogen-bond acceptors (Lipinski definition) is 5. The Morgan fingerprint density at radius 1 is 1.08 bits per heavy atom. The van der Waals surface area contributed by atoms with Crippen molar-refractivity contribution in [2.45, 2.75) is 18.0 Å². The van der Waals surface area contributed by atoms with Gasteiger partial charge < -0.3 is 4.72 Å². The number of rotatable bonds is 6. The lowest BCUT2D eigenvalue weighted by Gasteiger charge is -2.09. The fourth-order valence-electron chi connectivity index (χ4n) is 1.83. The van der Waals surface area contributed by atoms with Crippen LogP contribution in [0.3, 0.4) is 0 Å². The summed E-state index contributed by atoms with van der Waals surface area (Å²) in [4.78, 5) is 23.2. The number of ketones is 1. The van der Waals surface area contributed by atoms with Crippen LogP contribution in [0.15, 0.2) is 53.4 Å². The van der Waals surface area contributed by atoms with Crippen molar-refractivity contribution in [3.63, 3.8) is 0 Å². The first-order chi connectivity index (χ1) is 11.8. The molecule has 0 amide bonds. The minimum absolute atomic E-state index is 0.0844. The maximum Gasteiger partial charge on any atom is 0.416 e. The summed E-state index contributed by atoms with van der Waals surface area (Å²) in [5.41, 5.74) is 0.421. The van der Waals surface area contributed by atoms with E-state index in [-0.39, 0.29) is 16.7 Å². The monoisotopic (exact) mass is 385 g/mol. The molecule has 0 atom stereocenters. The average Bonchev–Trinajstić information content (AvgIpc) is 2.58. The van der Waals surface area contributed by atoms with E-state index in [0.29, 0.717) is 16.1 Å². The van der Waals surface area contributed by atoms with E-state index in [1.54, 1.807) is 30.3 Å². The minimum Gasteiger partial charge on any atom is -0.326 e. The molecule has 0 aliphatic rings. The maximum atomic E-state index is 12.7. The molecule has 0 aliphatic carbocycles. The zero-order chi connectivity index (χ0) is 18.4. The van der Waals surface area contributed by atoms with Crippen molar-refractivity contribution in [2.75, 3.05) is 10.5 Å². The number of anilines is 1. The van der Waals surface area contributed by atoms with Crippen molar-refractivity contribution in [1.82, 2.24) is 0 Å². The molecule has 8 heteroatoms. The summed E-state index contributed by atoms with van der Waals surface area (Å²) in [7, 11) is 0. The molecule has 2 aromatic rings. The lowest BCUT2D eigenvalue weighted by molar-refractivity contribution is -0.137. The van der Waals surface area contributed by atoms with Gasteiger partial charge in [-0.2, -0.15) is 13.2 Å². The number of alkyl halides is 3. The molecular formula is C17H14F3NO2S2. The van der Waals surface area contributed by atoms with Crippen LogP contribution in [0, 0.1) is 0 Å². The number of benzene rings is 2. The normalized spacial score (nSPS) is 11.2. The fraction of sp³-hybridized carbons (Fsp3) is 0.176. The molecular weight excluding hydrogens is 371 g/mol. The Hall–Kier alpha value is -1.93. The van der Waals surface area contributed by atoms with Gasteiger partial charge in [0.15, 0.2) is 10.9 Å². The summed E-state index contributed by atoms with van der Waals surface area (Å²) in [6.07, 6.45) is -4.38. The van der Waals surface area contributed by atoms with E-state index in [0.717, 1.165) is 35.8 Å². The van der Waals surface area contributed by atoms with E-state index in [9.17, 15) is 22.8 Å². The van der Waals surface area contributed by atoms with Crippen LogP contribution in [-0.4, -0.2) is 16.7 Å². The van der Waals surface area contributed by atoms with Gasteiger partial charge >= 0.3 is 6.18 Å². The van der Waals surface area contributed by atoms with E-state index < -0.39 is 11.7 Å². The molecule has 0 fully saturated rings. The Labute approximate surface area is 151 Å². The Kier molecular flexibility index (Phi) is 6.55. The topological polar surface area (TPSA) is 46.2 Å². The van der Waals surface area contributed by atoms with Gasteiger partial charge in [-0.15, -0.1) is 0 Å². The predicted octanol–water partition coefficient (Wildman–Crippen LogP) is 5.29. The summed E-state index contributed by atoms with van der Waals surface area (Å²) in [6.45, 7) is 1.40. The first kappa shape index (κ1) is 19.4. The maximum absolute atomic E-state index is 12.7. The highest BCUT2D eigenvalue weighted by Gasteiger charge is 2.30. The van der Waals surface area contributed by atoms with Crippen LogP contribution in [0.4, 0.5) is 18.9 Å². The predicted molar refractivity (Wildman–Crippen MR) is 94.8 cm³/mol. The number of nitrogens with one attached hydrogen (secondary N) is 1. The summed E-state index contributed by atoms with van der Waals surface area (Å²) < 4.78 is 41.0. The third kappa shape index (κ3) is 6.13. The number of thioether (sulfide) groups is 1. The zero-order valence-electron chi connectivity index (χ0n) is 13.1. The van der Waals surface area contributed by atoms with Crippen molar-refractivity contribution in [3.05, 3.63) is 59.7 Å². The van der Waals surface area contributed by atoms with Gasteiger partial charge in [-0.1, -0.05) is 17.8 Å². The summed E-state index contributed by atoms with van der Waals surface area (Å²) >= 11 is 2.00. The van der Waals surface area contributed by atoms with Gasteiger partial charge in [-0.25, -0.2) is 0 Å². The molecule has 1 N–H and O–H groups in total. The van der Waals surface area contributed by atoms with Crippen molar-refractivity contribution in [2.24, 2.45) is 0 Å². The molecule has 0 unspecified atom stereocenters. The summed E-state index contributed by atoms with van der Waals surface area (Å²) in [5.74, 6) is -0.0709. The molecule has 0 bridgehead atoms. The minimum atomic E-state index is -4.38. The lowest BCUT2D eigenvalue weighted by Crippen LogP contribution is -2.04. The Bertz CT molecular complexity index is 761. The van der Waals surface area contributed by atoms with Crippen molar-refractivity contribution >= 4 is 40.3 Å². The quantitative estimate of drug-likeness (QED) is 0.541. The van der Waals surface area contributed by atoms with E-state index in [1.807, 2.05) is 0 Å². The SMILES string of the molecule is CC(=O)SCC(=O)c1ccc(NSc2cccc(C(F)(F)F)c2)cc1. The van der Waals surface area contributed by atoms with Crippen LogP contribution in [0.5, 0.6) is 0 Å². The second-order valence-electron chi connectivity index (χ2n) is 5.01. The number of carbonyl (C=O) groups is 2. The molecule has 3 nitrogen and oxygen atoms in total. The van der Waals surface area contributed by atoms with Crippen LogP contribution in [0.2, 0.25) is 0 Å². The van der Waals surface area contributed by atoms with Gasteiger partial charge in [-0.3, -0.25) is 9.59 Å². The smallest absolute Gasteiger partial charge is 0.326 e. The standard InChI is InChI=1S/C17H14F3NO2S2/c1-11(22)24-10-16(23)12-5-7-14(8-6-12)21-25-15-4-2-3-13(9-15)17(18,19)20/h2-9,21H,10H2,1H3. The Balaban J connectivity index is 1.96. The largest absolute Gasteiger partial charge is 0.416 e.